The van der Waals surface area contributed by atoms with Gasteiger partial charge in [0.25, 0.3) is 0 Å². The Kier molecular flexibility index (Phi) is 2.52. The minimum absolute atomic E-state index is 0.213. The number of hydrogen-bond donors (Lipinski definition) is 1. The van der Waals surface area contributed by atoms with Crippen LogP contribution in [-0.2, 0) is 6.54 Å². The molecule has 0 radical (unpaired) electrons. The van der Waals surface area contributed by atoms with E-state index >= 15 is 0 Å². The van der Waals surface area contributed by atoms with E-state index in [1.165, 1.54) is 6.07 Å². The van der Waals surface area contributed by atoms with E-state index in [1.807, 2.05) is 41.1 Å². The molecule has 0 spiro atoms. The van der Waals surface area contributed by atoms with Crippen LogP contribution in [0, 0.1) is 5.82 Å². The molecular weight excluding hydrogens is 227 g/mol. The maximum atomic E-state index is 13.3. The van der Waals surface area contributed by atoms with Gasteiger partial charge in [0.2, 0.25) is 0 Å². The molecule has 18 heavy (non-hydrogen) atoms. The van der Waals surface area contributed by atoms with Gasteiger partial charge < -0.3 is 10.3 Å². The van der Waals surface area contributed by atoms with Gasteiger partial charge in [0.05, 0.1) is 5.52 Å². The molecule has 3 aromatic rings. The summed E-state index contributed by atoms with van der Waals surface area (Å²) in [4.78, 5) is 0. The van der Waals surface area contributed by atoms with E-state index in [1.54, 1.807) is 12.1 Å². The molecule has 0 fully saturated rings. The first-order valence-electron chi connectivity index (χ1n) is 5.81. The zero-order chi connectivity index (χ0) is 12.5. The van der Waals surface area contributed by atoms with Gasteiger partial charge in [-0.15, -0.1) is 0 Å². The van der Waals surface area contributed by atoms with Crippen molar-refractivity contribution in [3.05, 3.63) is 66.1 Å². The maximum absolute atomic E-state index is 13.3. The molecule has 3 heteroatoms. The standard InChI is InChI=1S/C15H13FN2/c16-13-5-4-12-6-7-18(15(12)9-13)10-11-2-1-3-14(17)8-11/h1-9H,10,17H2. The van der Waals surface area contributed by atoms with Crippen LogP contribution >= 0.6 is 0 Å². The summed E-state index contributed by atoms with van der Waals surface area (Å²) in [7, 11) is 0. The van der Waals surface area contributed by atoms with Crippen LogP contribution in [0.15, 0.2) is 54.7 Å². The topological polar surface area (TPSA) is 30.9 Å². The number of nitrogens with two attached hydrogens (primary N) is 1. The number of rotatable bonds is 2. The van der Waals surface area contributed by atoms with Crippen molar-refractivity contribution < 1.29 is 4.39 Å². The third-order valence-electron chi connectivity index (χ3n) is 3.04. The molecule has 2 aromatic carbocycles. The number of benzene rings is 2. The average molecular weight is 240 g/mol. The Bertz CT molecular complexity index is 701. The lowest BCUT2D eigenvalue weighted by atomic mass is 10.2. The zero-order valence-corrected chi connectivity index (χ0v) is 9.81. The molecule has 1 aromatic heterocycles. The van der Waals surface area contributed by atoms with Gasteiger partial charge >= 0.3 is 0 Å². The number of hydrogen-bond acceptors (Lipinski definition) is 1. The molecule has 0 aliphatic heterocycles. The Labute approximate surface area is 104 Å². The molecule has 0 amide bonds. The minimum Gasteiger partial charge on any atom is -0.399 e. The van der Waals surface area contributed by atoms with Crippen LogP contribution in [0.5, 0.6) is 0 Å². The molecule has 2 N–H and O–H groups in total. The highest BCUT2D eigenvalue weighted by atomic mass is 19.1. The maximum Gasteiger partial charge on any atom is 0.125 e. The van der Waals surface area contributed by atoms with Crippen LogP contribution in [0.4, 0.5) is 10.1 Å². The lowest BCUT2D eigenvalue weighted by Crippen LogP contribution is -1.98. The summed E-state index contributed by atoms with van der Waals surface area (Å²) < 4.78 is 15.3. The van der Waals surface area contributed by atoms with Crippen LogP contribution < -0.4 is 5.73 Å². The smallest absolute Gasteiger partial charge is 0.125 e. The highest BCUT2D eigenvalue weighted by molar-refractivity contribution is 5.80. The molecular formula is C15H13FN2. The van der Waals surface area contributed by atoms with Crippen LogP contribution in [0.1, 0.15) is 5.56 Å². The summed E-state index contributed by atoms with van der Waals surface area (Å²) in [5, 5.41) is 1.04. The minimum atomic E-state index is -0.213. The van der Waals surface area contributed by atoms with Crippen molar-refractivity contribution >= 4 is 16.6 Å². The SMILES string of the molecule is Nc1cccc(Cn2ccc3ccc(F)cc32)c1. The van der Waals surface area contributed by atoms with Crippen LogP contribution in [0.25, 0.3) is 10.9 Å². The van der Waals surface area contributed by atoms with Gasteiger partial charge in [-0.2, -0.15) is 0 Å². The number of fused-ring (bicyclic) bond motifs is 1. The normalized spacial score (nSPS) is 10.9. The quantitative estimate of drug-likeness (QED) is 0.684. The summed E-state index contributed by atoms with van der Waals surface area (Å²) >= 11 is 0. The summed E-state index contributed by atoms with van der Waals surface area (Å²) in [5.74, 6) is -0.213. The number of nitrogen functional groups attached to an aromatic ring is 1. The second kappa shape index (κ2) is 4.18. The second-order valence-electron chi connectivity index (χ2n) is 4.39. The fraction of sp³-hybridized carbons (Fsp3) is 0.0667. The van der Waals surface area contributed by atoms with Gasteiger partial charge in [0.1, 0.15) is 5.82 Å². The van der Waals surface area contributed by atoms with Gasteiger partial charge in [0.15, 0.2) is 0 Å². The Morgan fingerprint density at radius 3 is 2.78 bits per heavy atom. The van der Waals surface area contributed by atoms with Crippen molar-refractivity contribution in [1.29, 1.82) is 0 Å². The van der Waals surface area contributed by atoms with Crippen molar-refractivity contribution in [2.24, 2.45) is 0 Å². The Balaban J connectivity index is 2.02. The molecule has 0 atom stereocenters. The molecule has 0 aliphatic carbocycles. The van der Waals surface area contributed by atoms with Crippen molar-refractivity contribution in [2.45, 2.75) is 6.54 Å². The van der Waals surface area contributed by atoms with E-state index < -0.39 is 0 Å². The second-order valence-corrected chi connectivity index (χ2v) is 4.39. The zero-order valence-electron chi connectivity index (χ0n) is 9.81. The Morgan fingerprint density at radius 1 is 1.06 bits per heavy atom. The van der Waals surface area contributed by atoms with E-state index in [0.29, 0.717) is 6.54 Å². The van der Waals surface area contributed by atoms with Gasteiger partial charge in [-0.3, -0.25) is 0 Å². The van der Waals surface area contributed by atoms with E-state index in [2.05, 4.69) is 0 Å². The van der Waals surface area contributed by atoms with Gasteiger partial charge in [-0.05, 0) is 47.3 Å². The Hall–Kier alpha value is -2.29. The summed E-state index contributed by atoms with van der Waals surface area (Å²) in [5.41, 5.74) is 8.51. The van der Waals surface area contributed by atoms with Crippen molar-refractivity contribution in [2.75, 3.05) is 5.73 Å². The van der Waals surface area contributed by atoms with Crippen molar-refractivity contribution in [3.63, 3.8) is 0 Å². The molecule has 0 aliphatic rings. The molecule has 2 nitrogen and oxygen atoms in total. The van der Waals surface area contributed by atoms with Crippen LogP contribution in [0.2, 0.25) is 0 Å². The molecule has 90 valence electrons. The van der Waals surface area contributed by atoms with Crippen LogP contribution in [-0.4, -0.2) is 4.57 Å². The van der Waals surface area contributed by atoms with Gasteiger partial charge in [-0.25, -0.2) is 4.39 Å². The molecule has 0 saturated carbocycles. The van der Waals surface area contributed by atoms with E-state index in [0.717, 1.165) is 22.2 Å². The highest BCUT2D eigenvalue weighted by Crippen LogP contribution is 2.19. The third kappa shape index (κ3) is 1.95. The molecule has 0 bridgehead atoms. The predicted octanol–water partition coefficient (Wildman–Crippen LogP) is 3.41. The Morgan fingerprint density at radius 2 is 1.94 bits per heavy atom. The molecule has 3 rings (SSSR count). The van der Waals surface area contributed by atoms with Crippen LogP contribution in [0.3, 0.4) is 0 Å². The largest absolute Gasteiger partial charge is 0.399 e. The van der Waals surface area contributed by atoms with E-state index in [4.69, 9.17) is 5.73 Å². The lowest BCUT2D eigenvalue weighted by Gasteiger charge is -2.06. The third-order valence-corrected chi connectivity index (χ3v) is 3.04. The first-order valence-corrected chi connectivity index (χ1v) is 5.81. The molecule has 0 saturated heterocycles. The number of halogens is 1. The van der Waals surface area contributed by atoms with Crippen molar-refractivity contribution in [1.82, 2.24) is 4.57 Å². The number of nitrogens with zero attached hydrogens (tertiary/aromatic N) is 1. The first kappa shape index (κ1) is 10.8. The average Bonchev–Trinajstić information content (AvgIpc) is 2.72. The fourth-order valence-electron chi connectivity index (χ4n) is 2.18. The summed E-state index contributed by atoms with van der Waals surface area (Å²) in [6.07, 6.45) is 1.97. The van der Waals surface area contributed by atoms with Gasteiger partial charge in [-0.1, -0.05) is 12.1 Å². The summed E-state index contributed by atoms with van der Waals surface area (Å²) in [6, 6.07) is 14.6. The molecule has 0 unspecified atom stereocenters. The fourth-order valence-corrected chi connectivity index (χ4v) is 2.18. The molecule has 1 heterocycles. The van der Waals surface area contributed by atoms with Gasteiger partial charge in [0, 0.05) is 18.4 Å². The van der Waals surface area contributed by atoms with E-state index in [9.17, 15) is 4.39 Å². The summed E-state index contributed by atoms with van der Waals surface area (Å²) in [6.45, 7) is 0.692. The van der Waals surface area contributed by atoms with E-state index in [-0.39, 0.29) is 5.82 Å². The first-order chi connectivity index (χ1) is 8.72. The predicted molar refractivity (Wildman–Crippen MR) is 71.9 cm³/mol. The monoisotopic (exact) mass is 240 g/mol. The number of anilines is 1. The lowest BCUT2D eigenvalue weighted by molar-refractivity contribution is 0.628. The number of aromatic nitrogens is 1. The van der Waals surface area contributed by atoms with Crippen molar-refractivity contribution in [3.8, 4) is 0 Å². The highest BCUT2D eigenvalue weighted by Gasteiger charge is 2.03.